The van der Waals surface area contributed by atoms with E-state index in [4.69, 9.17) is 0 Å². The number of piperidine rings is 1. The Morgan fingerprint density at radius 3 is 2.03 bits per heavy atom. The van der Waals surface area contributed by atoms with Crippen LogP contribution in [0.25, 0.3) is 0 Å². The number of phenolic OH excluding ortho intramolecular Hbond substituents is 1. The average molecular weight is 490 g/mol. The lowest BCUT2D eigenvalue weighted by molar-refractivity contribution is -0.0146. The summed E-state index contributed by atoms with van der Waals surface area (Å²) in [6.45, 7) is 4.60. The van der Waals surface area contributed by atoms with Crippen LogP contribution in [0.1, 0.15) is 66.9 Å². The highest BCUT2D eigenvalue weighted by molar-refractivity contribution is 5.39. The lowest BCUT2D eigenvalue weighted by Gasteiger charge is -2.42. The molecule has 4 rings (SSSR count). The van der Waals surface area contributed by atoms with Crippen molar-refractivity contribution < 1.29 is 20.4 Å². The second kappa shape index (κ2) is 12.0. The fourth-order valence-electron chi connectivity index (χ4n) is 5.52. The Bertz CT molecular complexity index is 1040. The largest absolute Gasteiger partial charge is 0.508 e. The maximum Gasteiger partial charge on any atom is 0.121 e. The number of likely N-dealkylation sites (tertiary alicyclic amines) is 1. The van der Waals surface area contributed by atoms with Crippen LogP contribution in [0.15, 0.2) is 78.9 Å². The van der Waals surface area contributed by atoms with Crippen LogP contribution < -0.4 is 0 Å². The van der Waals surface area contributed by atoms with Crippen molar-refractivity contribution in [3.63, 3.8) is 0 Å². The molecule has 5 nitrogen and oxygen atoms in total. The van der Waals surface area contributed by atoms with Crippen molar-refractivity contribution in [3.8, 4) is 5.75 Å². The van der Waals surface area contributed by atoms with Gasteiger partial charge in [-0.05, 0) is 74.0 Å². The van der Waals surface area contributed by atoms with E-state index in [0.29, 0.717) is 12.0 Å². The van der Waals surface area contributed by atoms with Crippen LogP contribution in [0, 0.1) is 5.92 Å². The summed E-state index contributed by atoms with van der Waals surface area (Å²) in [6.07, 6.45) is 2.46. The number of hydrogen-bond donors (Lipinski definition) is 4. The van der Waals surface area contributed by atoms with Crippen LogP contribution in [0.2, 0.25) is 0 Å². The van der Waals surface area contributed by atoms with Crippen molar-refractivity contribution >= 4 is 0 Å². The molecule has 1 aliphatic heterocycles. The highest BCUT2D eigenvalue weighted by Crippen LogP contribution is 2.42. The Hall–Kier alpha value is -2.70. The van der Waals surface area contributed by atoms with E-state index in [1.165, 1.54) is 0 Å². The summed E-state index contributed by atoms with van der Waals surface area (Å²) in [5, 5.41) is 42.4. The SMILES string of the molecule is CC(CO)c1ccc(C(O)CCCN2CCC(C(O)(c3ccccc3)c3ccccc3)CC2)c(O)c1. The smallest absolute Gasteiger partial charge is 0.121 e. The van der Waals surface area contributed by atoms with Crippen molar-refractivity contribution in [1.29, 1.82) is 0 Å². The van der Waals surface area contributed by atoms with Crippen molar-refractivity contribution in [1.82, 2.24) is 4.90 Å². The Morgan fingerprint density at radius 2 is 1.50 bits per heavy atom. The molecule has 0 aliphatic carbocycles. The number of phenols is 1. The van der Waals surface area contributed by atoms with E-state index in [1.54, 1.807) is 12.1 Å². The van der Waals surface area contributed by atoms with Gasteiger partial charge < -0.3 is 25.3 Å². The molecule has 0 amide bonds. The molecule has 0 radical (unpaired) electrons. The molecule has 192 valence electrons. The zero-order chi connectivity index (χ0) is 25.5. The third-order valence-corrected chi connectivity index (χ3v) is 7.81. The number of aromatic hydroxyl groups is 1. The fourth-order valence-corrected chi connectivity index (χ4v) is 5.52. The third kappa shape index (κ3) is 5.81. The molecule has 0 saturated carbocycles. The first-order valence-electron chi connectivity index (χ1n) is 13.1. The van der Waals surface area contributed by atoms with Crippen molar-refractivity contribution in [2.45, 2.75) is 50.2 Å². The van der Waals surface area contributed by atoms with Gasteiger partial charge in [0.1, 0.15) is 11.4 Å². The summed E-state index contributed by atoms with van der Waals surface area (Å²) in [4.78, 5) is 2.41. The molecule has 0 aromatic heterocycles. The van der Waals surface area contributed by atoms with Gasteiger partial charge in [0.25, 0.3) is 0 Å². The van der Waals surface area contributed by atoms with Crippen LogP contribution in [0.5, 0.6) is 5.75 Å². The number of aliphatic hydroxyl groups excluding tert-OH is 2. The molecule has 36 heavy (non-hydrogen) atoms. The van der Waals surface area contributed by atoms with Crippen molar-refractivity contribution in [2.75, 3.05) is 26.2 Å². The molecule has 5 heteroatoms. The molecular formula is C31H39NO4. The van der Waals surface area contributed by atoms with E-state index in [-0.39, 0.29) is 24.2 Å². The summed E-state index contributed by atoms with van der Waals surface area (Å²) in [5.74, 6) is 0.162. The molecule has 0 bridgehead atoms. The molecule has 1 aliphatic rings. The quantitative estimate of drug-likeness (QED) is 0.324. The molecule has 1 fully saturated rings. The van der Waals surface area contributed by atoms with E-state index in [9.17, 15) is 20.4 Å². The average Bonchev–Trinajstić information content (AvgIpc) is 2.93. The van der Waals surface area contributed by atoms with Crippen LogP contribution in [-0.2, 0) is 5.60 Å². The molecule has 3 aromatic carbocycles. The van der Waals surface area contributed by atoms with Gasteiger partial charge in [0.15, 0.2) is 0 Å². The van der Waals surface area contributed by atoms with E-state index >= 15 is 0 Å². The first kappa shape index (κ1) is 26.4. The first-order valence-corrected chi connectivity index (χ1v) is 13.1. The number of nitrogens with zero attached hydrogens (tertiary/aromatic N) is 1. The van der Waals surface area contributed by atoms with Gasteiger partial charge in [0.05, 0.1) is 6.10 Å². The van der Waals surface area contributed by atoms with E-state index < -0.39 is 11.7 Å². The lowest BCUT2D eigenvalue weighted by Crippen LogP contribution is -2.44. The Labute approximate surface area is 214 Å². The van der Waals surface area contributed by atoms with E-state index in [2.05, 4.69) is 4.90 Å². The summed E-state index contributed by atoms with van der Waals surface area (Å²) in [5.41, 5.74) is 2.27. The van der Waals surface area contributed by atoms with Crippen molar-refractivity contribution in [2.24, 2.45) is 5.92 Å². The topological polar surface area (TPSA) is 84.2 Å². The Balaban J connectivity index is 1.33. The van der Waals surface area contributed by atoms with E-state index in [1.807, 2.05) is 73.7 Å². The monoisotopic (exact) mass is 489 g/mol. The van der Waals surface area contributed by atoms with Gasteiger partial charge in [0, 0.05) is 18.1 Å². The second-order valence-corrected chi connectivity index (χ2v) is 10.2. The number of aliphatic hydroxyl groups is 3. The predicted molar refractivity (Wildman–Crippen MR) is 143 cm³/mol. The van der Waals surface area contributed by atoms with Crippen LogP contribution >= 0.6 is 0 Å². The molecule has 2 unspecified atom stereocenters. The molecule has 1 saturated heterocycles. The highest BCUT2D eigenvalue weighted by atomic mass is 16.3. The molecular weight excluding hydrogens is 450 g/mol. The summed E-state index contributed by atoms with van der Waals surface area (Å²) >= 11 is 0. The summed E-state index contributed by atoms with van der Waals surface area (Å²) in [7, 11) is 0. The lowest BCUT2D eigenvalue weighted by atomic mass is 9.72. The summed E-state index contributed by atoms with van der Waals surface area (Å²) in [6, 6.07) is 25.3. The number of benzene rings is 3. The maximum absolute atomic E-state index is 12.0. The minimum atomic E-state index is -1.01. The normalized spacial score (nSPS) is 17.1. The van der Waals surface area contributed by atoms with Gasteiger partial charge in [-0.2, -0.15) is 0 Å². The standard InChI is InChI=1S/C31H39NO4/c1-23(22-33)24-14-15-28(30(35)21-24)29(34)13-8-18-32-19-16-27(17-20-32)31(36,25-9-4-2-5-10-25)26-11-6-3-7-12-26/h2-7,9-12,14-15,21,23,27,29,33-36H,8,13,16-20,22H2,1H3. The Kier molecular flexibility index (Phi) is 8.81. The predicted octanol–water partition coefficient (Wildman–Crippen LogP) is 4.95. The highest BCUT2D eigenvalue weighted by Gasteiger charge is 2.41. The zero-order valence-corrected chi connectivity index (χ0v) is 21.1. The van der Waals surface area contributed by atoms with Gasteiger partial charge in [-0.1, -0.05) is 79.7 Å². The molecule has 3 aromatic rings. The zero-order valence-electron chi connectivity index (χ0n) is 21.1. The molecule has 1 heterocycles. The van der Waals surface area contributed by atoms with Crippen molar-refractivity contribution in [3.05, 3.63) is 101 Å². The van der Waals surface area contributed by atoms with Crippen LogP contribution in [0.4, 0.5) is 0 Å². The van der Waals surface area contributed by atoms with Gasteiger partial charge in [0.2, 0.25) is 0 Å². The van der Waals surface area contributed by atoms with Crippen LogP contribution in [0.3, 0.4) is 0 Å². The molecule has 2 atom stereocenters. The maximum atomic E-state index is 12.0. The van der Waals surface area contributed by atoms with Gasteiger partial charge in [-0.25, -0.2) is 0 Å². The fraction of sp³-hybridized carbons (Fsp3) is 0.419. The second-order valence-electron chi connectivity index (χ2n) is 10.2. The van der Waals surface area contributed by atoms with E-state index in [0.717, 1.165) is 55.6 Å². The minimum Gasteiger partial charge on any atom is -0.508 e. The third-order valence-electron chi connectivity index (χ3n) is 7.81. The summed E-state index contributed by atoms with van der Waals surface area (Å²) < 4.78 is 0. The number of rotatable bonds is 10. The number of hydrogen-bond acceptors (Lipinski definition) is 5. The molecule has 4 N–H and O–H groups in total. The van der Waals surface area contributed by atoms with Crippen LogP contribution in [-0.4, -0.2) is 51.6 Å². The Morgan fingerprint density at radius 1 is 0.917 bits per heavy atom. The van der Waals surface area contributed by atoms with Gasteiger partial charge in [-0.15, -0.1) is 0 Å². The minimum absolute atomic E-state index is 0.0200. The first-order chi connectivity index (χ1) is 17.4. The van der Waals surface area contributed by atoms with Gasteiger partial charge in [-0.3, -0.25) is 0 Å². The molecule has 0 spiro atoms. The van der Waals surface area contributed by atoms with Gasteiger partial charge >= 0.3 is 0 Å².